The van der Waals surface area contributed by atoms with Crippen LogP contribution in [0.15, 0.2) is 0 Å². The molecule has 0 aromatic carbocycles. The van der Waals surface area contributed by atoms with Crippen LogP contribution < -0.4 is 51.4 Å². The number of rotatable bonds is 0. The average molecular weight is 162 g/mol. The van der Waals surface area contributed by atoms with Gasteiger partial charge >= 0.3 is 51.4 Å². The zero-order valence-corrected chi connectivity index (χ0v) is 8.73. The fraction of sp³-hybridized carbons (Fsp3) is 1.00. The number of hydrogen-bond donors (Lipinski definition) is 1. The van der Waals surface area contributed by atoms with Crippen LogP contribution in [0.5, 0.6) is 0 Å². The molecule has 1 saturated carbocycles. The molecule has 1 N–H and O–H groups in total. The third kappa shape index (κ3) is 49.9. The third-order valence-electron chi connectivity index (χ3n) is 0.354. The summed E-state index contributed by atoms with van der Waals surface area (Å²) in [5, 5.41) is 0. The summed E-state index contributed by atoms with van der Waals surface area (Å²) in [7, 11) is -2.86. The van der Waals surface area contributed by atoms with Gasteiger partial charge in [-0.3, -0.25) is 0 Å². The fourth-order valence-electron chi connectivity index (χ4n) is 0. The van der Waals surface area contributed by atoms with Crippen LogP contribution in [0.1, 0.15) is 19.3 Å². The maximum atomic E-state index is 8.56. The molecule has 8 heavy (non-hydrogen) atoms. The molecule has 0 bridgehead atoms. The molecule has 1 rings (SSSR count). The topological polar surface area (TPSA) is 54.4 Å². The van der Waals surface area contributed by atoms with E-state index >= 15 is 0 Å². The second-order valence-corrected chi connectivity index (χ2v) is 1.71. The van der Waals surface area contributed by atoms with Crippen LogP contribution in [0.2, 0.25) is 0 Å². The van der Waals surface area contributed by atoms with E-state index < -0.39 is 11.0 Å². The molecule has 0 aliphatic heterocycles. The van der Waals surface area contributed by atoms with E-state index in [9.17, 15) is 0 Å². The van der Waals surface area contributed by atoms with E-state index in [2.05, 4.69) is 0 Å². The predicted molar refractivity (Wildman–Crippen MR) is 25.2 cm³/mol. The van der Waals surface area contributed by atoms with E-state index in [1.807, 2.05) is 0 Å². The van der Waals surface area contributed by atoms with Gasteiger partial charge in [-0.1, -0.05) is 19.3 Å². The summed E-state index contributed by atoms with van der Waals surface area (Å²) in [5.74, 6) is 0. The summed E-state index contributed by atoms with van der Waals surface area (Å²) in [6, 6.07) is 0. The molecule has 0 saturated heterocycles. The Bertz CT molecular complexity index is 87.9. The monoisotopic (exact) mass is 162 g/mol. The van der Waals surface area contributed by atoms with Gasteiger partial charge in [0.1, 0.15) is 0 Å². The summed E-state index contributed by atoms with van der Waals surface area (Å²) >= 11 is 0. The van der Waals surface area contributed by atoms with Gasteiger partial charge in [0.2, 0.25) is 0 Å². The minimum atomic E-state index is -2.86. The van der Waals surface area contributed by atoms with Crippen molar-refractivity contribution in [2.75, 3.05) is 0 Å². The Morgan fingerprint density at radius 3 is 1.25 bits per heavy atom. The van der Waals surface area contributed by atoms with E-state index in [4.69, 9.17) is 13.0 Å². The van der Waals surface area contributed by atoms with Gasteiger partial charge in [-0.2, -0.15) is 0 Å². The van der Waals surface area contributed by atoms with Crippen molar-refractivity contribution in [3.05, 3.63) is 0 Å². The van der Waals surface area contributed by atoms with Crippen LogP contribution in [0.3, 0.4) is 0 Å². The molecule has 1 aliphatic rings. The van der Waals surface area contributed by atoms with E-state index in [0.717, 1.165) is 0 Å². The van der Waals surface area contributed by atoms with Gasteiger partial charge in [0.15, 0.2) is 0 Å². The Kier molecular flexibility index (Phi) is 13.1. The van der Waals surface area contributed by atoms with Crippen molar-refractivity contribution in [3.63, 3.8) is 0 Å². The normalized spacial score (nSPS) is 13.2. The fourth-order valence-corrected chi connectivity index (χ4v) is 0. The molecule has 1 fully saturated rings. The van der Waals surface area contributed by atoms with E-state index in [0.29, 0.717) is 0 Å². The van der Waals surface area contributed by atoms with Crippen molar-refractivity contribution in [3.8, 4) is 0 Å². The van der Waals surface area contributed by atoms with Gasteiger partial charge in [0.25, 0.3) is 0 Å². The summed E-state index contributed by atoms with van der Waals surface area (Å²) in [4.78, 5) is 0. The van der Waals surface area contributed by atoms with Crippen LogP contribution in [0.4, 0.5) is 0 Å². The first kappa shape index (κ1) is 12.2. The summed E-state index contributed by atoms with van der Waals surface area (Å²) in [5.41, 5.74) is 0. The van der Waals surface area contributed by atoms with Crippen molar-refractivity contribution in [1.29, 1.82) is 0 Å². The van der Waals surface area contributed by atoms with E-state index in [-0.39, 0.29) is 51.4 Å². The summed E-state index contributed by atoms with van der Waals surface area (Å²) < 4.78 is 24.1. The third-order valence-corrected chi connectivity index (χ3v) is 0.354. The molecule has 0 aromatic heterocycles. The Labute approximate surface area is 93.1 Å². The average Bonchev–Trinajstić information content (AvgIpc) is 2.02. The summed E-state index contributed by atoms with van der Waals surface area (Å²) in [6.45, 7) is 0. The van der Waals surface area contributed by atoms with Gasteiger partial charge in [0.05, 0.1) is 0 Å². The van der Waals surface area contributed by atoms with Crippen molar-refractivity contribution in [2.24, 2.45) is 0 Å². The van der Waals surface area contributed by atoms with Crippen molar-refractivity contribution >= 4 is 11.0 Å². The van der Waals surface area contributed by atoms with Crippen LogP contribution in [-0.4, -0.2) is 4.55 Å². The van der Waals surface area contributed by atoms with Crippen molar-refractivity contribution in [1.82, 2.24) is 0 Å². The molecule has 0 aromatic rings. The first-order valence-corrected chi connectivity index (χ1v) is 3.05. The molecule has 3 nitrogen and oxygen atoms in total. The Hall–Kier alpha value is 1.55. The molecule has 0 unspecified atom stereocenters. The first-order chi connectivity index (χ1) is 3.23. The van der Waals surface area contributed by atoms with E-state index in [1.165, 1.54) is 19.3 Å². The minimum absolute atomic E-state index is 0. The van der Waals surface area contributed by atoms with Gasteiger partial charge < -0.3 is 13.0 Å². The van der Waals surface area contributed by atoms with Crippen LogP contribution in [0, 0.1) is 0 Å². The molecule has 0 spiro atoms. The first-order valence-electron chi connectivity index (χ1n) is 2.02. The van der Waals surface area contributed by atoms with E-state index in [1.54, 1.807) is 0 Å². The van der Waals surface area contributed by atoms with Crippen LogP contribution >= 0.6 is 0 Å². The molecular formula is C3H7KO3S. The summed E-state index contributed by atoms with van der Waals surface area (Å²) in [6.07, 6.45) is 4.50. The van der Waals surface area contributed by atoms with Gasteiger partial charge in [0, 0.05) is 11.0 Å². The largest absolute Gasteiger partial charge is 1.00 e. The predicted octanol–water partition coefficient (Wildman–Crippen LogP) is -2.06. The minimum Gasteiger partial charge on any atom is -0.439 e. The molecule has 0 amide bonds. The van der Waals surface area contributed by atoms with Crippen LogP contribution in [0.25, 0.3) is 0 Å². The van der Waals surface area contributed by atoms with Gasteiger partial charge in [-0.15, -0.1) is 0 Å². The van der Waals surface area contributed by atoms with Crippen molar-refractivity contribution in [2.45, 2.75) is 19.3 Å². The molecule has 5 heteroatoms. The zero-order valence-electron chi connectivity index (χ0n) is 4.79. The molecular weight excluding hydrogens is 155 g/mol. The second-order valence-electron chi connectivity index (χ2n) is 1.28. The smallest absolute Gasteiger partial charge is 0.439 e. The second kappa shape index (κ2) is 8.55. The standard InChI is InChI=1S/C3H6.K.HO3S/c1-2-3-1;;1-4(2)3/h1-3H2;;(H,1,2,3)/q;+1;-1. The van der Waals surface area contributed by atoms with Gasteiger partial charge in [-0.05, 0) is 0 Å². The number of hydrogen-bond acceptors (Lipinski definition) is 3. The van der Waals surface area contributed by atoms with Crippen LogP contribution in [-0.2, 0) is 19.4 Å². The molecule has 0 heterocycles. The quantitative estimate of drug-likeness (QED) is 0.193. The van der Waals surface area contributed by atoms with Gasteiger partial charge in [-0.25, -0.2) is 0 Å². The Morgan fingerprint density at radius 2 is 1.25 bits per heavy atom. The Morgan fingerprint density at radius 1 is 1.12 bits per heavy atom. The maximum Gasteiger partial charge on any atom is 1.00 e. The SMILES string of the molecule is C1CC1.O=[S-](=O)O.[K+]. The molecule has 0 atom stereocenters. The molecule has 0 radical (unpaired) electrons. The molecule has 1 aliphatic carbocycles. The molecule has 44 valence electrons. The Balaban J connectivity index is 0. The maximum absolute atomic E-state index is 8.56. The van der Waals surface area contributed by atoms with Crippen molar-refractivity contribution < 1.29 is 64.4 Å². The zero-order chi connectivity index (χ0) is 5.70.